The molecule has 0 radical (unpaired) electrons. The number of nitrogens with zero attached hydrogens (tertiary/aromatic N) is 2. The van der Waals surface area contributed by atoms with Gasteiger partial charge in [0.15, 0.2) is 0 Å². The van der Waals surface area contributed by atoms with Crippen LogP contribution in [0, 0.1) is 0 Å². The molecule has 1 unspecified atom stereocenters. The first-order chi connectivity index (χ1) is 11.3. The van der Waals surface area contributed by atoms with Crippen LogP contribution in [0.1, 0.15) is 28.5 Å². The molecule has 0 aliphatic carbocycles. The molecular weight excluding hydrogens is 306 g/mol. The zero-order chi connectivity index (χ0) is 15.6. The summed E-state index contributed by atoms with van der Waals surface area (Å²) in [6, 6.07) is 15.8. The molecule has 0 saturated heterocycles. The van der Waals surface area contributed by atoms with Crippen LogP contribution in [0.2, 0.25) is 0 Å². The average molecular weight is 321 g/mol. The van der Waals surface area contributed by atoms with Crippen molar-refractivity contribution >= 4 is 28.7 Å². The lowest BCUT2D eigenvalue weighted by molar-refractivity contribution is 0.0930. The Kier molecular flexibility index (Phi) is 3.71. The molecule has 1 atom stereocenters. The minimum absolute atomic E-state index is 0.0354. The van der Waals surface area contributed by atoms with Gasteiger partial charge in [0.1, 0.15) is 5.69 Å². The zero-order valence-electron chi connectivity index (χ0n) is 12.4. The van der Waals surface area contributed by atoms with E-state index in [1.54, 1.807) is 6.20 Å². The highest BCUT2D eigenvalue weighted by Gasteiger charge is 2.23. The SMILES string of the molecule is O=C(NC1CCSc2ccccc21)c1cnc2ccccc2n1. The Bertz CT molecular complexity index is 881. The molecule has 0 saturated carbocycles. The van der Waals surface area contributed by atoms with Crippen molar-refractivity contribution in [1.29, 1.82) is 0 Å². The van der Waals surface area contributed by atoms with Crippen molar-refractivity contribution in [2.45, 2.75) is 17.4 Å². The summed E-state index contributed by atoms with van der Waals surface area (Å²) in [5, 5.41) is 3.10. The van der Waals surface area contributed by atoms with Gasteiger partial charge in [0, 0.05) is 10.6 Å². The molecule has 1 aliphatic heterocycles. The van der Waals surface area contributed by atoms with Crippen molar-refractivity contribution in [1.82, 2.24) is 15.3 Å². The highest BCUT2D eigenvalue weighted by atomic mass is 32.2. The first-order valence-electron chi connectivity index (χ1n) is 7.55. The third-order valence-electron chi connectivity index (χ3n) is 3.95. The first kappa shape index (κ1) is 14.2. The van der Waals surface area contributed by atoms with Crippen LogP contribution in [-0.2, 0) is 0 Å². The van der Waals surface area contributed by atoms with Crippen LogP contribution in [-0.4, -0.2) is 21.6 Å². The van der Waals surface area contributed by atoms with Crippen molar-refractivity contribution in [3.8, 4) is 0 Å². The minimum Gasteiger partial charge on any atom is -0.344 e. The number of nitrogens with one attached hydrogen (secondary N) is 1. The van der Waals surface area contributed by atoms with Gasteiger partial charge in [0.05, 0.1) is 23.3 Å². The van der Waals surface area contributed by atoms with E-state index in [9.17, 15) is 4.79 Å². The molecule has 114 valence electrons. The standard InChI is InChI=1S/C18H15N3OS/c22-18(16-11-19-14-6-2-3-7-15(14)20-16)21-13-9-10-23-17-8-4-1-5-12(13)17/h1-8,11,13H,9-10H2,(H,21,22). The fraction of sp³-hybridized carbons (Fsp3) is 0.167. The van der Waals surface area contributed by atoms with Crippen LogP contribution in [0.4, 0.5) is 0 Å². The number of hydrogen-bond acceptors (Lipinski definition) is 4. The number of carbonyl (C=O) groups excluding carboxylic acids is 1. The van der Waals surface area contributed by atoms with E-state index in [0.717, 1.165) is 23.2 Å². The molecule has 1 aliphatic rings. The van der Waals surface area contributed by atoms with Crippen LogP contribution in [0.5, 0.6) is 0 Å². The van der Waals surface area contributed by atoms with Crippen LogP contribution >= 0.6 is 11.8 Å². The fourth-order valence-corrected chi connectivity index (χ4v) is 3.92. The van der Waals surface area contributed by atoms with Crippen LogP contribution in [0.25, 0.3) is 11.0 Å². The number of thioether (sulfide) groups is 1. The van der Waals surface area contributed by atoms with Gasteiger partial charge in [-0.25, -0.2) is 4.98 Å². The third-order valence-corrected chi connectivity index (χ3v) is 5.07. The van der Waals surface area contributed by atoms with E-state index in [4.69, 9.17) is 0 Å². The molecule has 0 spiro atoms. The number of carbonyl (C=O) groups is 1. The summed E-state index contributed by atoms with van der Waals surface area (Å²) in [7, 11) is 0. The monoisotopic (exact) mass is 321 g/mol. The number of rotatable bonds is 2. The Hall–Kier alpha value is -2.40. The maximum absolute atomic E-state index is 12.5. The normalized spacial score (nSPS) is 16.8. The number of amides is 1. The summed E-state index contributed by atoms with van der Waals surface area (Å²) >= 11 is 1.84. The molecule has 0 bridgehead atoms. The summed E-state index contributed by atoms with van der Waals surface area (Å²) < 4.78 is 0. The molecular formula is C18H15N3OS. The topological polar surface area (TPSA) is 54.9 Å². The summed E-state index contributed by atoms with van der Waals surface area (Å²) in [6.45, 7) is 0. The quantitative estimate of drug-likeness (QED) is 0.783. The molecule has 23 heavy (non-hydrogen) atoms. The molecule has 4 rings (SSSR count). The van der Waals surface area contributed by atoms with Crippen molar-refractivity contribution in [3.05, 3.63) is 66.0 Å². The van der Waals surface area contributed by atoms with Gasteiger partial charge in [-0.3, -0.25) is 9.78 Å². The fourth-order valence-electron chi connectivity index (χ4n) is 2.79. The lowest BCUT2D eigenvalue weighted by Crippen LogP contribution is -2.31. The van der Waals surface area contributed by atoms with Gasteiger partial charge in [0.2, 0.25) is 0 Å². The molecule has 2 aromatic carbocycles. The molecule has 1 aromatic heterocycles. The summed E-state index contributed by atoms with van der Waals surface area (Å²) in [4.78, 5) is 22.5. The number of fused-ring (bicyclic) bond motifs is 2. The number of para-hydroxylation sites is 2. The Morgan fingerprint density at radius 1 is 1.09 bits per heavy atom. The summed E-state index contributed by atoms with van der Waals surface area (Å²) in [6.07, 6.45) is 2.47. The van der Waals surface area contributed by atoms with Crippen molar-refractivity contribution in [2.24, 2.45) is 0 Å². The molecule has 2 heterocycles. The van der Waals surface area contributed by atoms with Gasteiger partial charge >= 0.3 is 0 Å². The Labute approximate surface area is 138 Å². The van der Waals surface area contributed by atoms with E-state index >= 15 is 0 Å². The second kappa shape index (κ2) is 6.01. The maximum atomic E-state index is 12.5. The second-order valence-corrected chi connectivity index (χ2v) is 6.58. The maximum Gasteiger partial charge on any atom is 0.271 e. The highest BCUT2D eigenvalue weighted by Crippen LogP contribution is 2.35. The van der Waals surface area contributed by atoms with Gasteiger partial charge in [-0.05, 0) is 30.2 Å². The third kappa shape index (κ3) is 2.80. The van der Waals surface area contributed by atoms with Crippen LogP contribution in [0.15, 0.2) is 59.6 Å². The van der Waals surface area contributed by atoms with Crippen LogP contribution < -0.4 is 5.32 Å². The lowest BCUT2D eigenvalue weighted by atomic mass is 10.0. The van der Waals surface area contributed by atoms with Gasteiger partial charge in [0.25, 0.3) is 5.91 Å². The Morgan fingerprint density at radius 3 is 2.78 bits per heavy atom. The van der Waals surface area contributed by atoms with Crippen LogP contribution in [0.3, 0.4) is 0 Å². The molecule has 3 aromatic rings. The van der Waals surface area contributed by atoms with Crippen molar-refractivity contribution in [3.63, 3.8) is 0 Å². The predicted molar refractivity (Wildman–Crippen MR) is 91.5 cm³/mol. The first-order valence-corrected chi connectivity index (χ1v) is 8.54. The molecule has 0 fully saturated rings. The number of benzene rings is 2. The molecule has 1 amide bonds. The highest BCUT2D eigenvalue weighted by molar-refractivity contribution is 7.99. The smallest absolute Gasteiger partial charge is 0.271 e. The lowest BCUT2D eigenvalue weighted by Gasteiger charge is -2.25. The average Bonchev–Trinajstić information content (AvgIpc) is 2.61. The van der Waals surface area contributed by atoms with Gasteiger partial charge < -0.3 is 5.32 Å². The van der Waals surface area contributed by atoms with E-state index in [1.807, 2.05) is 48.2 Å². The second-order valence-electron chi connectivity index (χ2n) is 5.44. The van der Waals surface area contributed by atoms with E-state index in [-0.39, 0.29) is 11.9 Å². The molecule has 1 N–H and O–H groups in total. The molecule has 5 heteroatoms. The Balaban J connectivity index is 1.60. The van der Waals surface area contributed by atoms with E-state index < -0.39 is 0 Å². The van der Waals surface area contributed by atoms with Gasteiger partial charge in [-0.15, -0.1) is 11.8 Å². The summed E-state index contributed by atoms with van der Waals surface area (Å²) in [5.74, 6) is 0.834. The van der Waals surface area contributed by atoms with Gasteiger partial charge in [-0.1, -0.05) is 30.3 Å². The van der Waals surface area contributed by atoms with Crippen molar-refractivity contribution in [2.75, 3.05) is 5.75 Å². The van der Waals surface area contributed by atoms with Crippen molar-refractivity contribution < 1.29 is 4.79 Å². The van der Waals surface area contributed by atoms with E-state index in [2.05, 4.69) is 27.4 Å². The largest absolute Gasteiger partial charge is 0.344 e. The minimum atomic E-state index is -0.171. The van der Waals surface area contributed by atoms with E-state index in [1.165, 1.54) is 10.5 Å². The molecule has 4 nitrogen and oxygen atoms in total. The predicted octanol–water partition coefficient (Wildman–Crippen LogP) is 3.60. The number of hydrogen-bond donors (Lipinski definition) is 1. The zero-order valence-corrected chi connectivity index (χ0v) is 13.2. The van der Waals surface area contributed by atoms with Gasteiger partial charge in [-0.2, -0.15) is 0 Å². The Morgan fingerprint density at radius 2 is 1.87 bits per heavy atom. The van der Waals surface area contributed by atoms with E-state index in [0.29, 0.717) is 5.69 Å². The summed E-state index contributed by atoms with van der Waals surface area (Å²) in [5.41, 5.74) is 3.08. The number of aromatic nitrogens is 2.